The average molecular weight is 881 g/mol. The van der Waals surface area contributed by atoms with Crippen LogP contribution in [0.1, 0.15) is 91.4 Å². The predicted octanol–water partition coefficient (Wildman–Crippen LogP) is 7.32. The number of rotatable bonds is 13. The lowest BCUT2D eigenvalue weighted by Gasteiger charge is -2.29. The summed E-state index contributed by atoms with van der Waals surface area (Å²) in [4.78, 5) is 65.9. The zero-order valence-electron chi connectivity index (χ0n) is 35.2. The zero-order chi connectivity index (χ0) is 43.3. The Kier molecular flexibility index (Phi) is 13.9. The second kappa shape index (κ2) is 19.1. The van der Waals surface area contributed by atoms with Crippen LogP contribution in [0.3, 0.4) is 0 Å². The van der Waals surface area contributed by atoms with Crippen LogP contribution in [0.4, 0.5) is 9.93 Å². The number of allylic oxidation sites excluding steroid dienone is 1. The Morgan fingerprint density at radius 2 is 1.85 bits per heavy atom. The van der Waals surface area contributed by atoms with Crippen molar-refractivity contribution in [1.29, 1.82) is 0 Å². The van der Waals surface area contributed by atoms with Crippen LogP contribution in [-0.2, 0) is 28.2 Å². The molecule has 6 atom stereocenters. The molecule has 2 aliphatic carbocycles. The molecule has 330 valence electrons. The van der Waals surface area contributed by atoms with Crippen molar-refractivity contribution in [3.8, 4) is 22.9 Å². The number of nitrogens with zero attached hydrogens (tertiary/aromatic N) is 3. The van der Waals surface area contributed by atoms with Crippen molar-refractivity contribution in [2.24, 2.45) is 5.92 Å². The normalized spacial score (nSPS) is 26.3. The Morgan fingerprint density at radius 1 is 1.07 bits per heavy atom. The van der Waals surface area contributed by atoms with Crippen LogP contribution in [0, 0.1) is 5.92 Å². The maximum Gasteiger partial charge on any atom is 0.408 e. The van der Waals surface area contributed by atoms with Crippen LogP contribution in [0.2, 0.25) is 0 Å². The number of anilines is 1. The first kappa shape index (κ1) is 44.3. The summed E-state index contributed by atoms with van der Waals surface area (Å²) in [5.41, 5.74) is 0.123. The molecule has 0 radical (unpaired) electrons. The number of benzene rings is 1. The highest BCUT2D eigenvalue weighted by Gasteiger charge is 2.61. The standard InChI is InChI=1S/C43H57N6O10PS/c1-5-57-60(4,55)25-56-29-17-18-31-33(19-29)45-34(35-24-61-41(46-35)44-26(2)3)21-37(31)58-30-20-36-38(50)48-43(40(52)53)22-27(43)13-9-7-6-8-10-16-32(39(51)49(36)23-30)47-42(54)59-28-14-11-12-15-28/h9,13,17-19,21,24,26-28,30,32,36H,5-8,10-12,14-16,20,22-23,25H2,1-4H3,(H,44,46)(H,47,54)(H,48,50)(H,52,53)/b13-9-/t27-,30-,32+,36+,43-,60?/m1/s1. The lowest BCUT2D eigenvalue weighted by atomic mass is 10.0. The first-order valence-electron chi connectivity index (χ1n) is 21.4. The summed E-state index contributed by atoms with van der Waals surface area (Å²) >= 11 is 1.44. The fourth-order valence-corrected chi connectivity index (χ4v) is 10.2. The molecule has 0 spiro atoms. The first-order chi connectivity index (χ1) is 29.2. The largest absolute Gasteiger partial charge is 0.488 e. The third-order valence-electron chi connectivity index (χ3n) is 11.6. The second-order valence-electron chi connectivity index (χ2n) is 16.9. The molecule has 3 aromatic rings. The third kappa shape index (κ3) is 10.8. The van der Waals surface area contributed by atoms with Crippen molar-refractivity contribution in [3.05, 3.63) is 41.8 Å². The van der Waals surface area contributed by atoms with Gasteiger partial charge in [-0.1, -0.05) is 25.0 Å². The number of amides is 3. The van der Waals surface area contributed by atoms with Gasteiger partial charge in [-0.3, -0.25) is 14.2 Å². The second-order valence-corrected chi connectivity index (χ2v) is 20.3. The van der Waals surface area contributed by atoms with Crippen molar-refractivity contribution >= 4 is 58.6 Å². The van der Waals surface area contributed by atoms with E-state index in [1.165, 1.54) is 22.9 Å². The molecule has 2 aromatic heterocycles. The van der Waals surface area contributed by atoms with E-state index < -0.39 is 55.0 Å². The Balaban J connectivity index is 1.21. The van der Waals surface area contributed by atoms with Crippen LogP contribution in [0.5, 0.6) is 11.5 Å². The Labute approximate surface area is 360 Å². The van der Waals surface area contributed by atoms with Gasteiger partial charge >= 0.3 is 12.1 Å². The number of hydrogen-bond donors (Lipinski definition) is 4. The molecule has 4 N–H and O–H groups in total. The molecule has 4 aliphatic rings. The molecule has 2 aliphatic heterocycles. The molecular weight excluding hydrogens is 824 g/mol. The number of alkyl carbamates (subject to hydrolysis) is 1. The Hall–Kier alpha value is -4.73. The number of carboxylic acid groups (broad SMARTS) is 1. The van der Waals surface area contributed by atoms with Gasteiger partial charge in [0.25, 0.3) is 0 Å². The molecule has 7 rings (SSSR count). The number of thiazole rings is 1. The van der Waals surface area contributed by atoms with E-state index in [9.17, 15) is 28.8 Å². The smallest absolute Gasteiger partial charge is 0.408 e. The molecule has 3 amide bonds. The highest BCUT2D eigenvalue weighted by molar-refractivity contribution is 7.57. The zero-order valence-corrected chi connectivity index (χ0v) is 36.9. The van der Waals surface area contributed by atoms with E-state index in [0.717, 1.165) is 44.9 Å². The molecule has 1 aromatic carbocycles. The van der Waals surface area contributed by atoms with Gasteiger partial charge in [0.15, 0.2) is 11.5 Å². The average Bonchev–Trinajstić information content (AvgIpc) is 3.64. The topological polar surface area (TPSA) is 208 Å². The van der Waals surface area contributed by atoms with Crippen LogP contribution >= 0.6 is 18.7 Å². The number of carboxylic acids is 1. The summed E-state index contributed by atoms with van der Waals surface area (Å²) < 4.78 is 36.6. The Morgan fingerprint density at radius 3 is 2.61 bits per heavy atom. The van der Waals surface area contributed by atoms with E-state index in [4.69, 9.17) is 28.7 Å². The molecule has 61 heavy (non-hydrogen) atoms. The van der Waals surface area contributed by atoms with Gasteiger partial charge in [-0.15, -0.1) is 11.3 Å². The quantitative estimate of drug-likeness (QED) is 0.0982. The SMILES string of the molecule is CCOP(C)(=O)COc1ccc2c(O[C@@H]3C[C@H]4C(=O)N[C@]5(C(=O)O)C[C@H]5/C=C\CCCCC[C@H](NC(=O)OC5CCCC5)C(=O)N4C3)cc(-c3csc(NC(C)C)n3)nc2c1. The van der Waals surface area contributed by atoms with Crippen LogP contribution in [-0.4, -0.2) is 106 Å². The molecule has 16 nitrogen and oxygen atoms in total. The van der Waals surface area contributed by atoms with Gasteiger partial charge < -0.3 is 44.7 Å². The molecule has 0 bridgehead atoms. The highest BCUT2D eigenvalue weighted by atomic mass is 32.1. The van der Waals surface area contributed by atoms with E-state index in [0.29, 0.717) is 51.8 Å². The van der Waals surface area contributed by atoms with Crippen molar-refractivity contribution < 1.29 is 47.6 Å². The molecule has 1 saturated heterocycles. The molecule has 18 heteroatoms. The summed E-state index contributed by atoms with van der Waals surface area (Å²) in [6.45, 7) is 7.60. The highest BCUT2D eigenvalue weighted by Crippen LogP contribution is 2.46. The summed E-state index contributed by atoms with van der Waals surface area (Å²) in [6.07, 6.45) is 9.20. The van der Waals surface area contributed by atoms with Crippen LogP contribution < -0.4 is 25.4 Å². The van der Waals surface area contributed by atoms with Crippen molar-refractivity contribution in [2.45, 2.75) is 127 Å². The van der Waals surface area contributed by atoms with E-state index in [1.807, 2.05) is 31.4 Å². The van der Waals surface area contributed by atoms with Crippen LogP contribution in [0.25, 0.3) is 22.3 Å². The van der Waals surface area contributed by atoms with Gasteiger partial charge in [0.2, 0.25) is 19.2 Å². The predicted molar refractivity (Wildman–Crippen MR) is 231 cm³/mol. The number of fused-ring (bicyclic) bond motifs is 3. The summed E-state index contributed by atoms with van der Waals surface area (Å²) in [6, 6.07) is 5.09. The molecule has 1 unspecified atom stereocenters. The van der Waals surface area contributed by atoms with Crippen LogP contribution in [0.15, 0.2) is 41.8 Å². The monoisotopic (exact) mass is 880 g/mol. The molecule has 4 heterocycles. The van der Waals surface area contributed by atoms with E-state index in [-0.39, 0.29) is 50.4 Å². The summed E-state index contributed by atoms with van der Waals surface area (Å²) in [5.74, 6) is -1.74. The number of nitrogens with one attached hydrogen (secondary N) is 3. The maximum atomic E-state index is 14.7. The lowest BCUT2D eigenvalue weighted by Crippen LogP contribution is -2.56. The minimum atomic E-state index is -3.00. The fraction of sp³-hybridized carbons (Fsp3) is 0.581. The number of ether oxygens (including phenoxy) is 3. The van der Waals surface area contributed by atoms with Gasteiger partial charge in [0, 0.05) is 47.9 Å². The van der Waals surface area contributed by atoms with Gasteiger partial charge in [-0.25, -0.2) is 19.6 Å². The Bertz CT molecular complexity index is 2180. The van der Waals surface area contributed by atoms with Crippen molar-refractivity contribution in [2.75, 3.05) is 31.5 Å². The van der Waals surface area contributed by atoms with Gasteiger partial charge in [0.1, 0.15) is 47.0 Å². The van der Waals surface area contributed by atoms with Crippen molar-refractivity contribution in [3.63, 3.8) is 0 Å². The fourth-order valence-electron chi connectivity index (χ4n) is 8.36. The number of aromatic nitrogens is 2. The molecule has 2 saturated carbocycles. The number of pyridine rings is 1. The number of carbonyl (C=O) groups is 4. The maximum absolute atomic E-state index is 14.7. The van der Waals surface area contributed by atoms with Crippen molar-refractivity contribution in [1.82, 2.24) is 25.5 Å². The summed E-state index contributed by atoms with van der Waals surface area (Å²) in [5, 5.41) is 22.5. The van der Waals surface area contributed by atoms with E-state index >= 15 is 0 Å². The number of carbonyl (C=O) groups excluding carboxylic acids is 3. The van der Waals surface area contributed by atoms with Gasteiger partial charge in [0.05, 0.1) is 24.4 Å². The molecular formula is C43H57N6O10PS. The first-order valence-corrected chi connectivity index (χ1v) is 24.5. The van der Waals surface area contributed by atoms with Gasteiger partial charge in [-0.05, 0) is 84.3 Å². The van der Waals surface area contributed by atoms with E-state index in [2.05, 4.69) is 16.0 Å². The number of hydrogen-bond acceptors (Lipinski definition) is 13. The third-order valence-corrected chi connectivity index (χ3v) is 13.7. The minimum Gasteiger partial charge on any atom is -0.488 e. The molecule has 3 fully saturated rings. The number of aliphatic carboxylic acids is 1. The lowest BCUT2D eigenvalue weighted by molar-refractivity contribution is -0.145. The minimum absolute atomic E-state index is 0.0150. The summed E-state index contributed by atoms with van der Waals surface area (Å²) in [7, 11) is -3.00. The van der Waals surface area contributed by atoms with E-state index in [1.54, 1.807) is 31.2 Å². The van der Waals surface area contributed by atoms with Gasteiger partial charge in [-0.2, -0.15) is 0 Å².